The van der Waals surface area contributed by atoms with Crippen molar-refractivity contribution >= 4 is 17.7 Å². The standard InChI is InChI=1S/C16H23N5O2/c1-16(2,3)23-15(22)20-11-12-6-4-7-13(10-12)21-14(18)19-9-5-8-17/h4,6-7,10H,5,9,11H2,1-3H3,(H,20,22)(H3,18,19,21). The van der Waals surface area contributed by atoms with E-state index >= 15 is 0 Å². The number of alkyl carbamates (subject to hydrolysis) is 1. The minimum Gasteiger partial charge on any atom is -0.444 e. The molecule has 0 fully saturated rings. The Bertz CT molecular complexity index is 599. The van der Waals surface area contributed by atoms with Gasteiger partial charge in [-0.1, -0.05) is 12.1 Å². The van der Waals surface area contributed by atoms with E-state index < -0.39 is 11.7 Å². The van der Waals surface area contributed by atoms with E-state index in [-0.39, 0.29) is 5.96 Å². The van der Waals surface area contributed by atoms with Crippen LogP contribution in [0, 0.1) is 11.3 Å². The van der Waals surface area contributed by atoms with Crippen molar-refractivity contribution < 1.29 is 9.53 Å². The lowest BCUT2D eigenvalue weighted by Crippen LogP contribution is -2.32. The maximum Gasteiger partial charge on any atom is 0.407 e. The van der Waals surface area contributed by atoms with Gasteiger partial charge in [0.1, 0.15) is 5.60 Å². The Balaban J connectivity index is 2.55. The van der Waals surface area contributed by atoms with Gasteiger partial charge in [0.05, 0.1) is 19.0 Å². The smallest absolute Gasteiger partial charge is 0.407 e. The predicted octanol–water partition coefficient (Wildman–Crippen LogP) is 2.35. The Kier molecular flexibility index (Phi) is 6.87. The number of hydrogen-bond acceptors (Lipinski definition) is 4. The lowest BCUT2D eigenvalue weighted by molar-refractivity contribution is 0.0523. The number of anilines is 1. The molecule has 0 spiro atoms. The minimum absolute atomic E-state index is 0.248. The summed E-state index contributed by atoms with van der Waals surface area (Å²) in [5.74, 6) is 0.248. The van der Waals surface area contributed by atoms with Crippen LogP contribution in [-0.2, 0) is 11.3 Å². The molecule has 0 aromatic heterocycles. The molecule has 23 heavy (non-hydrogen) atoms. The molecule has 1 aromatic carbocycles. The summed E-state index contributed by atoms with van der Waals surface area (Å²) in [6.07, 6.45) is -0.143. The van der Waals surface area contributed by atoms with Gasteiger partial charge in [0.25, 0.3) is 0 Å². The van der Waals surface area contributed by atoms with E-state index in [9.17, 15) is 4.79 Å². The largest absolute Gasteiger partial charge is 0.444 e. The third kappa shape index (κ3) is 8.31. The van der Waals surface area contributed by atoms with Gasteiger partial charge in [0, 0.05) is 12.2 Å². The summed E-state index contributed by atoms with van der Waals surface area (Å²) in [5, 5.41) is 14.1. The van der Waals surface area contributed by atoms with Crippen LogP contribution in [0.1, 0.15) is 32.8 Å². The van der Waals surface area contributed by atoms with Gasteiger partial charge < -0.3 is 21.1 Å². The fraction of sp³-hybridized carbons (Fsp3) is 0.438. The van der Waals surface area contributed by atoms with Crippen molar-refractivity contribution in [1.29, 1.82) is 5.26 Å². The zero-order valence-corrected chi connectivity index (χ0v) is 13.7. The summed E-state index contributed by atoms with van der Waals surface area (Å²) in [6, 6.07) is 9.41. The van der Waals surface area contributed by atoms with E-state index in [1.54, 1.807) is 0 Å². The summed E-state index contributed by atoms with van der Waals surface area (Å²) in [6.45, 7) is 6.13. The molecule has 0 saturated heterocycles. The number of nitrogens with zero attached hydrogens (tertiary/aromatic N) is 2. The third-order valence-electron chi connectivity index (χ3n) is 2.54. The van der Waals surface area contributed by atoms with E-state index in [2.05, 4.69) is 15.6 Å². The number of carbonyl (C=O) groups is 1. The van der Waals surface area contributed by atoms with Crippen LogP contribution in [0.5, 0.6) is 0 Å². The summed E-state index contributed by atoms with van der Waals surface area (Å²) >= 11 is 0. The Hall–Kier alpha value is -2.75. The molecular formula is C16H23N5O2. The maximum absolute atomic E-state index is 11.6. The molecule has 0 heterocycles. The van der Waals surface area contributed by atoms with Gasteiger partial charge >= 0.3 is 6.09 Å². The molecule has 4 N–H and O–H groups in total. The third-order valence-corrected chi connectivity index (χ3v) is 2.54. The average Bonchev–Trinajstić information content (AvgIpc) is 2.44. The van der Waals surface area contributed by atoms with Crippen LogP contribution in [0.4, 0.5) is 10.5 Å². The lowest BCUT2D eigenvalue weighted by atomic mass is 10.2. The number of ether oxygens (including phenoxy) is 1. The molecule has 7 heteroatoms. The van der Waals surface area contributed by atoms with Gasteiger partial charge in [-0.25, -0.2) is 4.79 Å². The summed E-state index contributed by atoms with van der Waals surface area (Å²) in [5.41, 5.74) is 6.85. The number of nitrogens with two attached hydrogens (primary N) is 1. The van der Waals surface area contributed by atoms with Crippen LogP contribution in [-0.4, -0.2) is 24.2 Å². The van der Waals surface area contributed by atoms with Crippen LogP contribution in [0.15, 0.2) is 29.3 Å². The molecule has 0 radical (unpaired) electrons. The van der Waals surface area contributed by atoms with Crippen molar-refractivity contribution in [1.82, 2.24) is 5.32 Å². The van der Waals surface area contributed by atoms with Crippen molar-refractivity contribution in [2.24, 2.45) is 10.7 Å². The predicted molar refractivity (Wildman–Crippen MR) is 89.9 cm³/mol. The molecule has 0 aliphatic carbocycles. The van der Waals surface area contributed by atoms with Gasteiger partial charge in [0.15, 0.2) is 5.96 Å². The van der Waals surface area contributed by atoms with E-state index in [0.29, 0.717) is 19.5 Å². The second-order valence-corrected chi connectivity index (χ2v) is 5.86. The van der Waals surface area contributed by atoms with Crippen LogP contribution in [0.25, 0.3) is 0 Å². The monoisotopic (exact) mass is 317 g/mol. The molecule has 0 unspecified atom stereocenters. The number of aliphatic imine (C=N–C) groups is 1. The van der Waals surface area contributed by atoms with Gasteiger partial charge in [-0.2, -0.15) is 5.26 Å². The Morgan fingerprint density at radius 2 is 2.17 bits per heavy atom. The van der Waals surface area contributed by atoms with Crippen molar-refractivity contribution in [2.75, 3.05) is 11.9 Å². The zero-order valence-electron chi connectivity index (χ0n) is 13.7. The quantitative estimate of drug-likeness (QED) is 0.438. The number of guanidine groups is 1. The maximum atomic E-state index is 11.6. The fourth-order valence-corrected chi connectivity index (χ4v) is 1.66. The summed E-state index contributed by atoms with van der Waals surface area (Å²) < 4.78 is 5.18. The number of nitriles is 1. The van der Waals surface area contributed by atoms with Crippen LogP contribution in [0.3, 0.4) is 0 Å². The molecule has 124 valence electrons. The topological polar surface area (TPSA) is 113 Å². The summed E-state index contributed by atoms with van der Waals surface area (Å²) in [4.78, 5) is 15.7. The minimum atomic E-state index is -0.526. The second kappa shape index (κ2) is 8.63. The van der Waals surface area contributed by atoms with Gasteiger partial charge in [-0.15, -0.1) is 0 Å². The summed E-state index contributed by atoms with van der Waals surface area (Å²) in [7, 11) is 0. The number of rotatable bonds is 5. The van der Waals surface area contributed by atoms with Crippen molar-refractivity contribution in [3.8, 4) is 6.07 Å². The first-order valence-corrected chi connectivity index (χ1v) is 7.30. The first-order chi connectivity index (χ1) is 10.8. The number of hydrogen-bond donors (Lipinski definition) is 3. The van der Waals surface area contributed by atoms with E-state index in [4.69, 9.17) is 15.7 Å². The van der Waals surface area contributed by atoms with E-state index in [1.807, 2.05) is 51.1 Å². The highest BCUT2D eigenvalue weighted by atomic mass is 16.6. The molecule has 0 aliphatic rings. The number of carbonyl (C=O) groups excluding carboxylic acids is 1. The molecule has 7 nitrogen and oxygen atoms in total. The molecule has 1 amide bonds. The first kappa shape index (κ1) is 18.3. The van der Waals surface area contributed by atoms with Gasteiger partial charge in [0.2, 0.25) is 0 Å². The lowest BCUT2D eigenvalue weighted by Gasteiger charge is -2.19. The SMILES string of the molecule is CC(C)(C)OC(=O)NCc1cccc(NC(N)=NCCC#N)c1. The van der Waals surface area contributed by atoms with E-state index in [0.717, 1.165) is 11.3 Å². The van der Waals surface area contributed by atoms with E-state index in [1.165, 1.54) is 0 Å². The molecule has 0 saturated carbocycles. The highest BCUT2D eigenvalue weighted by Gasteiger charge is 2.15. The Morgan fingerprint density at radius 3 is 2.83 bits per heavy atom. The molecule has 1 aromatic rings. The highest BCUT2D eigenvalue weighted by molar-refractivity contribution is 5.92. The van der Waals surface area contributed by atoms with Crippen LogP contribution in [0.2, 0.25) is 0 Å². The number of amides is 1. The van der Waals surface area contributed by atoms with Gasteiger partial charge in [-0.05, 0) is 38.5 Å². The second-order valence-electron chi connectivity index (χ2n) is 5.86. The van der Waals surface area contributed by atoms with Crippen molar-refractivity contribution in [3.63, 3.8) is 0 Å². The highest BCUT2D eigenvalue weighted by Crippen LogP contribution is 2.11. The molecule has 0 aliphatic heterocycles. The zero-order chi connectivity index (χ0) is 17.3. The van der Waals surface area contributed by atoms with Crippen LogP contribution >= 0.6 is 0 Å². The van der Waals surface area contributed by atoms with Gasteiger partial charge in [-0.3, -0.25) is 4.99 Å². The Labute approximate surface area is 136 Å². The fourth-order valence-electron chi connectivity index (χ4n) is 1.66. The Morgan fingerprint density at radius 1 is 1.43 bits per heavy atom. The molecule has 0 bridgehead atoms. The van der Waals surface area contributed by atoms with Crippen molar-refractivity contribution in [2.45, 2.75) is 39.3 Å². The molecule has 1 rings (SSSR count). The molecular weight excluding hydrogens is 294 g/mol. The van der Waals surface area contributed by atoms with Crippen molar-refractivity contribution in [3.05, 3.63) is 29.8 Å². The normalized spacial score (nSPS) is 11.5. The number of benzene rings is 1. The number of nitrogens with one attached hydrogen (secondary N) is 2. The molecule has 0 atom stereocenters. The first-order valence-electron chi connectivity index (χ1n) is 7.30. The average molecular weight is 317 g/mol. The van der Waals surface area contributed by atoms with Crippen LogP contribution < -0.4 is 16.4 Å².